The molecule has 1 aliphatic carbocycles. The highest BCUT2D eigenvalue weighted by Crippen LogP contribution is 2.53. The topological polar surface area (TPSA) is 20.3 Å². The molecule has 2 aliphatic rings. The van der Waals surface area contributed by atoms with Crippen LogP contribution in [-0.2, 0) is 0 Å². The monoisotopic (exact) mass is 229 g/mol. The fraction of sp³-hybridized carbons (Fsp3) is 0.533. The van der Waals surface area contributed by atoms with Crippen LogP contribution in [0.2, 0.25) is 0 Å². The quantitative estimate of drug-likeness (QED) is 0.763. The van der Waals surface area contributed by atoms with Crippen LogP contribution < -0.4 is 0 Å². The molecule has 2 heteroatoms. The van der Waals surface area contributed by atoms with Gasteiger partial charge < -0.3 is 4.90 Å². The highest BCUT2D eigenvalue weighted by Gasteiger charge is 2.53. The van der Waals surface area contributed by atoms with E-state index in [9.17, 15) is 4.79 Å². The van der Waals surface area contributed by atoms with Gasteiger partial charge in [0.1, 0.15) is 0 Å². The van der Waals surface area contributed by atoms with Gasteiger partial charge in [0.05, 0.1) is 0 Å². The molecule has 1 heterocycles. The molecule has 3 rings (SSSR count). The van der Waals surface area contributed by atoms with Gasteiger partial charge in [-0.3, -0.25) is 4.79 Å². The Morgan fingerprint density at radius 3 is 2.24 bits per heavy atom. The van der Waals surface area contributed by atoms with Crippen molar-refractivity contribution in [2.24, 2.45) is 5.41 Å². The Bertz CT molecular complexity index is 434. The predicted octanol–water partition coefficient (Wildman–Crippen LogP) is 3.05. The second-order valence-corrected chi connectivity index (χ2v) is 5.94. The smallest absolute Gasteiger partial charge is 0.253 e. The van der Waals surface area contributed by atoms with Crippen molar-refractivity contribution < 1.29 is 4.79 Å². The molecule has 1 spiro atoms. The Morgan fingerprint density at radius 1 is 1.18 bits per heavy atom. The Hall–Kier alpha value is -1.31. The molecular weight excluding hydrogens is 210 g/mol. The summed E-state index contributed by atoms with van der Waals surface area (Å²) in [4.78, 5) is 14.1. The zero-order valence-corrected chi connectivity index (χ0v) is 10.6. The molecule has 2 fully saturated rings. The van der Waals surface area contributed by atoms with Gasteiger partial charge in [0.15, 0.2) is 0 Å². The van der Waals surface area contributed by atoms with E-state index in [1.165, 1.54) is 18.4 Å². The molecule has 17 heavy (non-hydrogen) atoms. The second-order valence-electron chi connectivity index (χ2n) is 5.94. The largest absolute Gasteiger partial charge is 0.337 e. The first-order valence-electron chi connectivity index (χ1n) is 6.49. The minimum atomic E-state index is 0.206. The maximum atomic E-state index is 12.1. The van der Waals surface area contributed by atoms with Gasteiger partial charge in [-0.25, -0.2) is 0 Å². The third-order valence-electron chi connectivity index (χ3n) is 4.12. The van der Waals surface area contributed by atoms with Crippen molar-refractivity contribution in [1.82, 2.24) is 4.90 Å². The van der Waals surface area contributed by atoms with E-state index in [-0.39, 0.29) is 5.91 Å². The zero-order valence-electron chi connectivity index (χ0n) is 10.6. The summed E-state index contributed by atoms with van der Waals surface area (Å²) >= 11 is 0. The van der Waals surface area contributed by atoms with E-state index in [4.69, 9.17) is 0 Å². The Balaban J connectivity index is 1.69. The normalized spacial score (nSPS) is 20.5. The molecule has 1 aromatic rings. The summed E-state index contributed by atoms with van der Waals surface area (Å²) in [6.45, 7) is 6.31. The molecule has 1 saturated carbocycles. The van der Waals surface area contributed by atoms with Gasteiger partial charge in [0, 0.05) is 24.1 Å². The third kappa shape index (κ3) is 1.86. The van der Waals surface area contributed by atoms with Crippen LogP contribution in [0.3, 0.4) is 0 Å². The summed E-state index contributed by atoms with van der Waals surface area (Å²) < 4.78 is 0. The van der Waals surface area contributed by atoms with E-state index in [2.05, 4.69) is 26.0 Å². The van der Waals surface area contributed by atoms with Crippen LogP contribution in [0.15, 0.2) is 24.3 Å². The van der Waals surface area contributed by atoms with E-state index < -0.39 is 0 Å². The average Bonchev–Trinajstić information content (AvgIpc) is 3.06. The van der Waals surface area contributed by atoms with Crippen LogP contribution in [0.25, 0.3) is 0 Å². The molecule has 90 valence electrons. The van der Waals surface area contributed by atoms with Crippen LogP contribution in [0, 0.1) is 5.41 Å². The van der Waals surface area contributed by atoms with Crippen molar-refractivity contribution in [3.8, 4) is 0 Å². The molecule has 0 aromatic heterocycles. The van der Waals surface area contributed by atoms with Crippen molar-refractivity contribution in [2.75, 3.05) is 13.1 Å². The van der Waals surface area contributed by atoms with Gasteiger partial charge >= 0.3 is 0 Å². The molecule has 0 N–H and O–H groups in total. The molecule has 0 atom stereocenters. The Labute approximate surface area is 103 Å². The SMILES string of the molecule is CC(C)c1ccc(C(=O)N2CC3(CC3)C2)cc1. The third-order valence-corrected chi connectivity index (χ3v) is 4.12. The van der Waals surface area contributed by atoms with Crippen LogP contribution >= 0.6 is 0 Å². The lowest BCUT2D eigenvalue weighted by Crippen LogP contribution is -2.51. The lowest BCUT2D eigenvalue weighted by atomic mass is 9.95. The number of nitrogens with zero attached hydrogens (tertiary/aromatic N) is 1. The van der Waals surface area contributed by atoms with Crippen LogP contribution in [-0.4, -0.2) is 23.9 Å². The Kier molecular flexibility index (Phi) is 2.29. The number of carbonyl (C=O) groups excluding carboxylic acids is 1. The maximum Gasteiger partial charge on any atom is 0.253 e. The number of amides is 1. The summed E-state index contributed by atoms with van der Waals surface area (Å²) in [5, 5.41) is 0. The van der Waals surface area contributed by atoms with Crippen molar-refractivity contribution in [2.45, 2.75) is 32.6 Å². The summed E-state index contributed by atoms with van der Waals surface area (Å²) in [7, 11) is 0. The molecule has 2 nitrogen and oxygen atoms in total. The maximum absolute atomic E-state index is 12.1. The van der Waals surface area contributed by atoms with Crippen molar-refractivity contribution in [1.29, 1.82) is 0 Å². The lowest BCUT2D eigenvalue weighted by molar-refractivity contribution is 0.0443. The van der Waals surface area contributed by atoms with E-state index >= 15 is 0 Å². The van der Waals surface area contributed by atoms with E-state index in [1.54, 1.807) is 0 Å². The van der Waals surface area contributed by atoms with Crippen molar-refractivity contribution in [3.63, 3.8) is 0 Å². The first-order chi connectivity index (χ1) is 8.10. The van der Waals surface area contributed by atoms with E-state index in [0.717, 1.165) is 18.7 Å². The molecule has 0 unspecified atom stereocenters. The van der Waals surface area contributed by atoms with E-state index in [1.807, 2.05) is 17.0 Å². The second kappa shape index (κ2) is 3.59. The number of hydrogen-bond donors (Lipinski definition) is 0. The van der Waals surface area contributed by atoms with Gasteiger partial charge in [-0.2, -0.15) is 0 Å². The first kappa shape index (κ1) is 10.8. The molecule has 1 aromatic carbocycles. The number of carbonyl (C=O) groups is 1. The summed E-state index contributed by atoms with van der Waals surface area (Å²) in [6, 6.07) is 8.08. The number of rotatable bonds is 2. The number of hydrogen-bond acceptors (Lipinski definition) is 1. The fourth-order valence-corrected chi connectivity index (χ4v) is 2.59. The number of benzene rings is 1. The summed E-state index contributed by atoms with van der Waals surface area (Å²) in [6.07, 6.45) is 2.64. The van der Waals surface area contributed by atoms with Crippen molar-refractivity contribution in [3.05, 3.63) is 35.4 Å². The minimum absolute atomic E-state index is 0.206. The summed E-state index contributed by atoms with van der Waals surface area (Å²) in [5.74, 6) is 0.732. The highest BCUT2D eigenvalue weighted by atomic mass is 16.2. The van der Waals surface area contributed by atoms with E-state index in [0.29, 0.717) is 11.3 Å². The zero-order chi connectivity index (χ0) is 12.0. The Morgan fingerprint density at radius 2 is 1.76 bits per heavy atom. The van der Waals surface area contributed by atoms with Crippen LogP contribution in [0.5, 0.6) is 0 Å². The first-order valence-corrected chi connectivity index (χ1v) is 6.49. The van der Waals surface area contributed by atoms with Crippen molar-refractivity contribution >= 4 is 5.91 Å². The standard InChI is InChI=1S/C15H19NO/c1-11(2)12-3-5-13(6-4-12)14(17)16-9-15(10-16)7-8-15/h3-6,11H,7-10H2,1-2H3. The predicted molar refractivity (Wildman–Crippen MR) is 68.1 cm³/mol. The molecule has 1 saturated heterocycles. The molecule has 1 aliphatic heterocycles. The minimum Gasteiger partial charge on any atom is -0.337 e. The highest BCUT2D eigenvalue weighted by molar-refractivity contribution is 5.95. The van der Waals surface area contributed by atoms with Gasteiger partial charge in [-0.05, 0) is 36.5 Å². The average molecular weight is 229 g/mol. The van der Waals surface area contributed by atoms with Gasteiger partial charge in [0.2, 0.25) is 0 Å². The molecular formula is C15H19NO. The van der Waals surface area contributed by atoms with Crippen LogP contribution in [0.4, 0.5) is 0 Å². The fourth-order valence-electron chi connectivity index (χ4n) is 2.59. The van der Waals surface area contributed by atoms with Gasteiger partial charge in [-0.1, -0.05) is 26.0 Å². The van der Waals surface area contributed by atoms with Crippen LogP contribution in [0.1, 0.15) is 48.5 Å². The molecule has 0 bridgehead atoms. The number of likely N-dealkylation sites (tertiary alicyclic amines) is 1. The lowest BCUT2D eigenvalue weighted by Gasteiger charge is -2.40. The summed E-state index contributed by atoms with van der Waals surface area (Å²) in [5.41, 5.74) is 2.68. The van der Waals surface area contributed by atoms with Gasteiger partial charge in [0.25, 0.3) is 5.91 Å². The van der Waals surface area contributed by atoms with Gasteiger partial charge in [-0.15, -0.1) is 0 Å². The molecule has 0 radical (unpaired) electrons. The molecule has 1 amide bonds.